The Morgan fingerprint density at radius 1 is 0.920 bits per heavy atom. The van der Waals surface area contributed by atoms with Crippen LogP contribution in [0.1, 0.15) is 11.7 Å². The number of hydrogen-bond acceptors (Lipinski definition) is 7. The molecule has 0 saturated carbocycles. The summed E-state index contributed by atoms with van der Waals surface area (Å²) in [6.45, 7) is -0.453. The Morgan fingerprint density at radius 3 is 2.04 bits per heavy atom. The number of ether oxygens (including phenoxy) is 4. The largest absolute Gasteiger partial charge is 0.504 e. The highest BCUT2D eigenvalue weighted by molar-refractivity contribution is 5.51. The van der Waals surface area contributed by atoms with Gasteiger partial charge < -0.3 is 34.3 Å². The van der Waals surface area contributed by atoms with E-state index in [0.29, 0.717) is 17.1 Å². The summed E-state index contributed by atoms with van der Waals surface area (Å²) >= 11 is 0. The first-order chi connectivity index (χ1) is 12.0. The van der Waals surface area contributed by atoms with Crippen LogP contribution in [0.5, 0.6) is 28.7 Å². The fraction of sp³-hybridized carbons (Fsp3) is 0.333. The van der Waals surface area contributed by atoms with Crippen molar-refractivity contribution in [1.82, 2.24) is 0 Å². The minimum absolute atomic E-state index is 0.0497. The Kier molecular flexibility index (Phi) is 6.32. The maximum Gasteiger partial charge on any atom is 0.203 e. The van der Waals surface area contributed by atoms with E-state index in [1.165, 1.54) is 39.5 Å². The van der Waals surface area contributed by atoms with Crippen molar-refractivity contribution in [2.75, 3.05) is 27.9 Å². The highest BCUT2D eigenvalue weighted by atomic mass is 16.6. The molecule has 0 radical (unpaired) electrons. The molecule has 0 amide bonds. The van der Waals surface area contributed by atoms with Crippen LogP contribution < -0.4 is 18.9 Å². The Bertz CT molecular complexity index is 680. The number of phenolic OH excluding ortho intramolecular Hbond substituents is 1. The molecule has 7 heteroatoms. The molecular weight excluding hydrogens is 328 g/mol. The topological polar surface area (TPSA) is 97.6 Å². The third-order valence-electron chi connectivity index (χ3n) is 3.73. The number of rotatable bonds is 8. The van der Waals surface area contributed by atoms with E-state index in [-0.39, 0.29) is 17.2 Å². The van der Waals surface area contributed by atoms with Gasteiger partial charge in [0.2, 0.25) is 5.75 Å². The van der Waals surface area contributed by atoms with E-state index in [0.717, 1.165) is 0 Å². The molecule has 2 aromatic rings. The number of aromatic hydroxyl groups is 1. The average molecular weight is 350 g/mol. The van der Waals surface area contributed by atoms with Gasteiger partial charge in [-0.2, -0.15) is 0 Å². The van der Waals surface area contributed by atoms with Crippen LogP contribution in [0.25, 0.3) is 0 Å². The summed E-state index contributed by atoms with van der Waals surface area (Å²) in [6.07, 6.45) is -2.16. The Morgan fingerprint density at radius 2 is 1.52 bits per heavy atom. The van der Waals surface area contributed by atoms with Crippen molar-refractivity contribution in [3.05, 3.63) is 42.0 Å². The third-order valence-corrected chi connectivity index (χ3v) is 3.73. The van der Waals surface area contributed by atoms with E-state index >= 15 is 0 Å². The molecule has 0 unspecified atom stereocenters. The number of aliphatic hydroxyl groups excluding tert-OH is 2. The van der Waals surface area contributed by atoms with Gasteiger partial charge in [-0.25, -0.2) is 0 Å². The van der Waals surface area contributed by atoms with Crippen molar-refractivity contribution in [3.63, 3.8) is 0 Å². The summed E-state index contributed by atoms with van der Waals surface area (Å²) < 4.78 is 21.3. The lowest BCUT2D eigenvalue weighted by Crippen LogP contribution is -2.29. The summed E-state index contributed by atoms with van der Waals surface area (Å²) in [6, 6.07) is 9.50. The van der Waals surface area contributed by atoms with Crippen molar-refractivity contribution in [2.24, 2.45) is 0 Å². The van der Waals surface area contributed by atoms with Crippen LogP contribution >= 0.6 is 0 Å². The SMILES string of the molecule is COc1cc([C@H](O)[C@H](CO)Oc2c(OC)cccc2OC)ccc1O. The first kappa shape index (κ1) is 18.7. The van der Waals surface area contributed by atoms with Crippen LogP contribution in [0.4, 0.5) is 0 Å². The predicted octanol–water partition coefficient (Wildman–Crippen LogP) is 1.89. The zero-order chi connectivity index (χ0) is 18.4. The zero-order valence-electron chi connectivity index (χ0n) is 14.3. The second-order valence-corrected chi connectivity index (χ2v) is 5.21. The highest BCUT2D eigenvalue weighted by Crippen LogP contribution is 2.39. The summed E-state index contributed by atoms with van der Waals surface area (Å²) in [5.74, 6) is 1.26. The molecule has 3 N–H and O–H groups in total. The van der Waals surface area contributed by atoms with E-state index in [1.807, 2.05) is 0 Å². The Labute approximate surface area is 146 Å². The first-order valence-corrected chi connectivity index (χ1v) is 7.59. The highest BCUT2D eigenvalue weighted by Gasteiger charge is 2.26. The van der Waals surface area contributed by atoms with Gasteiger partial charge in [-0.05, 0) is 29.8 Å². The third kappa shape index (κ3) is 4.07. The van der Waals surface area contributed by atoms with Gasteiger partial charge in [0.15, 0.2) is 29.1 Å². The van der Waals surface area contributed by atoms with Gasteiger partial charge in [0.25, 0.3) is 0 Å². The van der Waals surface area contributed by atoms with E-state index in [9.17, 15) is 15.3 Å². The molecule has 0 aromatic heterocycles. The number of aliphatic hydroxyl groups is 2. The number of hydrogen-bond donors (Lipinski definition) is 3. The van der Waals surface area contributed by atoms with Gasteiger partial charge in [-0.15, -0.1) is 0 Å². The lowest BCUT2D eigenvalue weighted by molar-refractivity contribution is -0.00174. The molecule has 2 atom stereocenters. The van der Waals surface area contributed by atoms with Crippen LogP contribution in [0.3, 0.4) is 0 Å². The molecule has 7 nitrogen and oxygen atoms in total. The fourth-order valence-electron chi connectivity index (χ4n) is 2.38. The molecule has 0 aliphatic carbocycles. The van der Waals surface area contributed by atoms with E-state index < -0.39 is 18.8 Å². The maximum atomic E-state index is 10.6. The van der Waals surface area contributed by atoms with Crippen LogP contribution in [0.2, 0.25) is 0 Å². The van der Waals surface area contributed by atoms with Crippen molar-refractivity contribution < 1.29 is 34.3 Å². The van der Waals surface area contributed by atoms with Gasteiger partial charge in [0.1, 0.15) is 6.10 Å². The molecule has 136 valence electrons. The molecule has 25 heavy (non-hydrogen) atoms. The van der Waals surface area contributed by atoms with Gasteiger partial charge in [-0.1, -0.05) is 12.1 Å². The number of benzene rings is 2. The molecule has 0 fully saturated rings. The van der Waals surface area contributed by atoms with Crippen LogP contribution in [-0.4, -0.2) is 49.4 Å². The lowest BCUT2D eigenvalue weighted by atomic mass is 10.0. The van der Waals surface area contributed by atoms with Crippen LogP contribution in [0.15, 0.2) is 36.4 Å². The van der Waals surface area contributed by atoms with Crippen molar-refractivity contribution in [2.45, 2.75) is 12.2 Å². The van der Waals surface area contributed by atoms with Gasteiger partial charge in [0, 0.05) is 0 Å². The molecule has 0 aliphatic heterocycles. The second kappa shape index (κ2) is 8.46. The predicted molar refractivity (Wildman–Crippen MR) is 90.7 cm³/mol. The van der Waals surface area contributed by atoms with Crippen molar-refractivity contribution in [3.8, 4) is 28.7 Å². The van der Waals surface area contributed by atoms with Crippen LogP contribution in [-0.2, 0) is 0 Å². The van der Waals surface area contributed by atoms with E-state index in [1.54, 1.807) is 18.2 Å². The molecule has 0 aliphatic rings. The molecule has 0 saturated heterocycles. The number of phenols is 1. The standard InChI is InChI=1S/C18H22O7/c1-22-13-5-4-6-14(23-2)18(13)25-16(10-19)17(21)11-7-8-12(20)15(9-11)24-3/h4-9,16-17,19-21H,10H2,1-3H3/t16-,17-/m0/s1. The molecular formula is C18H22O7. The van der Waals surface area contributed by atoms with E-state index in [4.69, 9.17) is 18.9 Å². The number of para-hydroxylation sites is 1. The van der Waals surface area contributed by atoms with Crippen molar-refractivity contribution in [1.29, 1.82) is 0 Å². The molecule has 0 heterocycles. The summed E-state index contributed by atoms with van der Waals surface area (Å²) in [5.41, 5.74) is 0.419. The molecule has 0 bridgehead atoms. The minimum Gasteiger partial charge on any atom is -0.504 e. The Balaban J connectivity index is 2.31. The fourth-order valence-corrected chi connectivity index (χ4v) is 2.38. The summed E-state index contributed by atoms with van der Waals surface area (Å²) in [7, 11) is 4.37. The minimum atomic E-state index is -1.17. The second-order valence-electron chi connectivity index (χ2n) is 5.21. The lowest BCUT2D eigenvalue weighted by Gasteiger charge is -2.25. The summed E-state index contributed by atoms with van der Waals surface area (Å²) in [4.78, 5) is 0. The van der Waals surface area contributed by atoms with E-state index in [2.05, 4.69) is 0 Å². The number of methoxy groups -OCH3 is 3. The molecule has 2 rings (SSSR count). The van der Waals surface area contributed by atoms with Gasteiger partial charge >= 0.3 is 0 Å². The smallest absolute Gasteiger partial charge is 0.203 e. The summed E-state index contributed by atoms with van der Waals surface area (Å²) in [5, 5.41) is 29.9. The molecule has 0 spiro atoms. The quantitative estimate of drug-likeness (QED) is 0.669. The van der Waals surface area contributed by atoms with Gasteiger partial charge in [-0.3, -0.25) is 0 Å². The molecule has 2 aromatic carbocycles. The van der Waals surface area contributed by atoms with Crippen molar-refractivity contribution >= 4 is 0 Å². The van der Waals surface area contributed by atoms with Crippen LogP contribution in [0, 0.1) is 0 Å². The van der Waals surface area contributed by atoms with Gasteiger partial charge in [0.05, 0.1) is 27.9 Å². The first-order valence-electron chi connectivity index (χ1n) is 7.59. The Hall–Kier alpha value is -2.64. The normalized spacial score (nSPS) is 13.0. The monoisotopic (exact) mass is 350 g/mol. The average Bonchev–Trinajstić information content (AvgIpc) is 2.65. The maximum absolute atomic E-state index is 10.6. The zero-order valence-corrected chi connectivity index (χ0v) is 14.3.